The van der Waals surface area contributed by atoms with E-state index in [-0.39, 0.29) is 6.29 Å². The van der Waals surface area contributed by atoms with Crippen molar-refractivity contribution in [3.05, 3.63) is 35.9 Å². The summed E-state index contributed by atoms with van der Waals surface area (Å²) in [5.74, 6) is 1.97. The van der Waals surface area contributed by atoms with Crippen molar-refractivity contribution in [3.8, 4) is 0 Å². The molecule has 0 amide bonds. The SMILES string of the molecule is CC(C)CNC1N=C2C(CCCN2Cc2ccccc2)[NH2+]1. The third-order valence-electron chi connectivity index (χ3n) is 4.24. The van der Waals surface area contributed by atoms with Crippen LogP contribution in [-0.4, -0.2) is 36.2 Å². The van der Waals surface area contributed by atoms with Gasteiger partial charge in [0.15, 0.2) is 5.84 Å². The van der Waals surface area contributed by atoms with E-state index in [9.17, 15) is 0 Å². The monoisotopic (exact) mass is 287 g/mol. The van der Waals surface area contributed by atoms with Crippen molar-refractivity contribution in [1.82, 2.24) is 10.2 Å². The van der Waals surface area contributed by atoms with Gasteiger partial charge in [-0.2, -0.15) is 4.99 Å². The first-order valence-corrected chi connectivity index (χ1v) is 8.17. The number of likely N-dealkylation sites (tertiary alicyclic amines) is 1. The highest BCUT2D eigenvalue weighted by Crippen LogP contribution is 2.17. The lowest BCUT2D eigenvalue weighted by Gasteiger charge is -2.30. The fourth-order valence-electron chi connectivity index (χ4n) is 3.18. The molecule has 0 aliphatic carbocycles. The van der Waals surface area contributed by atoms with Gasteiger partial charge in [-0.25, -0.2) is 5.32 Å². The number of aliphatic imine (C=N–C) groups is 1. The van der Waals surface area contributed by atoms with E-state index in [1.165, 1.54) is 24.2 Å². The summed E-state index contributed by atoms with van der Waals surface area (Å²) in [5, 5.41) is 5.95. The molecular formula is C17H27N4+. The van der Waals surface area contributed by atoms with Gasteiger partial charge in [0.05, 0.1) is 0 Å². The molecular weight excluding hydrogens is 260 g/mol. The second kappa shape index (κ2) is 6.58. The van der Waals surface area contributed by atoms with E-state index in [4.69, 9.17) is 4.99 Å². The molecule has 2 aliphatic heterocycles. The van der Waals surface area contributed by atoms with E-state index in [0.29, 0.717) is 12.0 Å². The van der Waals surface area contributed by atoms with E-state index in [1.54, 1.807) is 0 Å². The summed E-state index contributed by atoms with van der Waals surface area (Å²) in [5.41, 5.74) is 1.37. The quantitative estimate of drug-likeness (QED) is 0.853. The molecule has 21 heavy (non-hydrogen) atoms. The Balaban J connectivity index is 1.66. The fourth-order valence-corrected chi connectivity index (χ4v) is 3.18. The second-order valence-electron chi connectivity index (χ2n) is 6.58. The number of nitrogens with zero attached hydrogens (tertiary/aromatic N) is 2. The summed E-state index contributed by atoms with van der Waals surface area (Å²) in [6, 6.07) is 11.3. The van der Waals surface area contributed by atoms with Crippen molar-refractivity contribution < 1.29 is 5.32 Å². The zero-order valence-electron chi connectivity index (χ0n) is 13.1. The Bertz CT molecular complexity index is 483. The molecule has 1 aromatic carbocycles. The van der Waals surface area contributed by atoms with Gasteiger partial charge in [-0.3, -0.25) is 0 Å². The van der Waals surface area contributed by atoms with E-state index in [0.717, 1.165) is 19.6 Å². The lowest BCUT2D eigenvalue weighted by molar-refractivity contribution is -0.704. The Morgan fingerprint density at radius 2 is 2.14 bits per heavy atom. The van der Waals surface area contributed by atoms with Gasteiger partial charge < -0.3 is 10.2 Å². The van der Waals surface area contributed by atoms with Crippen molar-refractivity contribution in [3.63, 3.8) is 0 Å². The molecule has 0 saturated carbocycles. The number of benzene rings is 1. The lowest BCUT2D eigenvalue weighted by atomic mass is 10.0. The minimum Gasteiger partial charge on any atom is -0.351 e. The smallest absolute Gasteiger partial charge is 0.239 e. The molecule has 0 bridgehead atoms. The van der Waals surface area contributed by atoms with Crippen LogP contribution in [-0.2, 0) is 6.54 Å². The van der Waals surface area contributed by atoms with Crippen LogP contribution in [0.2, 0.25) is 0 Å². The van der Waals surface area contributed by atoms with Crippen LogP contribution >= 0.6 is 0 Å². The van der Waals surface area contributed by atoms with Gasteiger partial charge in [-0.1, -0.05) is 44.2 Å². The van der Waals surface area contributed by atoms with Crippen LogP contribution in [0.1, 0.15) is 32.3 Å². The minimum atomic E-state index is 0.212. The number of piperidine rings is 1. The van der Waals surface area contributed by atoms with Gasteiger partial charge >= 0.3 is 0 Å². The van der Waals surface area contributed by atoms with E-state index in [2.05, 4.69) is 59.7 Å². The van der Waals surface area contributed by atoms with Crippen molar-refractivity contribution in [1.29, 1.82) is 0 Å². The molecule has 1 fully saturated rings. The molecule has 2 heterocycles. The van der Waals surface area contributed by atoms with Crippen molar-refractivity contribution in [2.45, 2.75) is 45.6 Å². The van der Waals surface area contributed by atoms with Crippen LogP contribution < -0.4 is 10.6 Å². The zero-order chi connectivity index (χ0) is 14.7. The van der Waals surface area contributed by atoms with Crippen LogP contribution in [0.25, 0.3) is 0 Å². The van der Waals surface area contributed by atoms with Gasteiger partial charge in [0.1, 0.15) is 6.04 Å². The summed E-state index contributed by atoms with van der Waals surface area (Å²) in [6.45, 7) is 7.63. The molecule has 1 aromatic rings. The topological polar surface area (TPSA) is 44.2 Å². The summed E-state index contributed by atoms with van der Waals surface area (Å²) >= 11 is 0. The Hall–Kier alpha value is -1.39. The molecule has 2 atom stereocenters. The average molecular weight is 287 g/mol. The van der Waals surface area contributed by atoms with Crippen LogP contribution in [0, 0.1) is 5.92 Å². The van der Waals surface area contributed by atoms with Gasteiger partial charge in [-0.15, -0.1) is 0 Å². The highest BCUT2D eigenvalue weighted by atomic mass is 15.4. The van der Waals surface area contributed by atoms with Gasteiger partial charge in [0.25, 0.3) is 0 Å². The Morgan fingerprint density at radius 3 is 2.90 bits per heavy atom. The normalized spacial score (nSPS) is 25.1. The predicted octanol–water partition coefficient (Wildman–Crippen LogP) is 1.16. The van der Waals surface area contributed by atoms with Crippen LogP contribution in [0.3, 0.4) is 0 Å². The molecule has 0 spiro atoms. The Kier molecular flexibility index (Phi) is 4.56. The van der Waals surface area contributed by atoms with Crippen molar-refractivity contribution in [2.75, 3.05) is 13.1 Å². The van der Waals surface area contributed by atoms with Gasteiger partial charge in [0, 0.05) is 26.1 Å². The first-order valence-electron chi connectivity index (χ1n) is 8.17. The van der Waals surface area contributed by atoms with Crippen molar-refractivity contribution in [2.24, 2.45) is 10.9 Å². The number of nitrogens with two attached hydrogens (primary N) is 1. The molecule has 4 heteroatoms. The number of amidine groups is 1. The van der Waals surface area contributed by atoms with Gasteiger partial charge in [-0.05, 0) is 17.9 Å². The van der Waals surface area contributed by atoms with Gasteiger partial charge in [0.2, 0.25) is 6.29 Å². The summed E-state index contributed by atoms with van der Waals surface area (Å²) < 4.78 is 0. The maximum atomic E-state index is 4.94. The Labute approximate surface area is 127 Å². The Morgan fingerprint density at radius 1 is 1.33 bits per heavy atom. The molecule has 0 radical (unpaired) electrons. The highest BCUT2D eigenvalue weighted by Gasteiger charge is 2.37. The van der Waals surface area contributed by atoms with E-state index >= 15 is 0 Å². The number of nitrogens with one attached hydrogen (secondary N) is 1. The standard InChI is InChI=1S/C17H26N4/c1-13(2)11-18-17-19-15-9-6-10-21(16(15)20-17)12-14-7-4-3-5-8-14/h3-5,7-8,13,15,17-19H,6,9-12H2,1-2H3/p+1. The largest absolute Gasteiger partial charge is 0.351 e. The molecule has 114 valence electrons. The molecule has 4 nitrogen and oxygen atoms in total. The maximum Gasteiger partial charge on any atom is 0.239 e. The number of hydrogen-bond donors (Lipinski definition) is 2. The third-order valence-corrected chi connectivity index (χ3v) is 4.24. The van der Waals surface area contributed by atoms with E-state index in [1.807, 2.05) is 0 Å². The molecule has 1 saturated heterocycles. The van der Waals surface area contributed by atoms with Crippen LogP contribution in [0.5, 0.6) is 0 Å². The molecule has 0 aromatic heterocycles. The molecule has 3 rings (SSSR count). The second-order valence-corrected chi connectivity index (χ2v) is 6.58. The summed E-state index contributed by atoms with van der Waals surface area (Å²) in [6.07, 6.45) is 2.73. The molecule has 2 unspecified atom stereocenters. The number of hydrogen-bond acceptors (Lipinski definition) is 3. The molecule has 3 N–H and O–H groups in total. The highest BCUT2D eigenvalue weighted by molar-refractivity contribution is 5.87. The lowest BCUT2D eigenvalue weighted by Crippen LogP contribution is -2.96. The first kappa shape index (κ1) is 14.5. The van der Waals surface area contributed by atoms with E-state index < -0.39 is 0 Å². The summed E-state index contributed by atoms with van der Waals surface area (Å²) in [4.78, 5) is 7.40. The molecule has 2 aliphatic rings. The third kappa shape index (κ3) is 3.63. The number of quaternary nitrogens is 1. The average Bonchev–Trinajstić information content (AvgIpc) is 2.90. The number of fused-ring (bicyclic) bond motifs is 1. The predicted molar refractivity (Wildman–Crippen MR) is 85.9 cm³/mol. The maximum absolute atomic E-state index is 4.94. The minimum absolute atomic E-state index is 0.212. The summed E-state index contributed by atoms with van der Waals surface area (Å²) in [7, 11) is 0. The first-order chi connectivity index (χ1) is 10.2. The zero-order valence-corrected chi connectivity index (χ0v) is 13.1. The fraction of sp³-hybridized carbons (Fsp3) is 0.588. The van der Waals surface area contributed by atoms with Crippen molar-refractivity contribution >= 4 is 5.84 Å². The van der Waals surface area contributed by atoms with Crippen LogP contribution in [0.4, 0.5) is 0 Å². The number of rotatable bonds is 5. The van der Waals surface area contributed by atoms with Crippen LogP contribution in [0.15, 0.2) is 35.3 Å².